The molecule has 0 spiro atoms. The quantitative estimate of drug-likeness (QED) is 0.217. The molecule has 2 aromatic rings. The van der Waals surface area contributed by atoms with Gasteiger partial charge in [-0.05, 0) is 24.3 Å². The number of ketones is 2. The van der Waals surface area contributed by atoms with Crippen LogP contribution in [0, 0.1) is 0 Å². The molecule has 0 aliphatic heterocycles. The van der Waals surface area contributed by atoms with E-state index < -0.39 is 23.2 Å². The molecule has 7 heteroatoms. The molecular formula is C17H13ClN2O4. The summed E-state index contributed by atoms with van der Waals surface area (Å²) in [4.78, 5) is 36.0. The Kier molecular flexibility index (Phi) is 5.81. The Morgan fingerprint density at radius 2 is 1.62 bits per heavy atom. The number of rotatable bonds is 6. The van der Waals surface area contributed by atoms with Crippen molar-refractivity contribution in [2.24, 2.45) is 5.10 Å². The normalized spacial score (nSPS) is 10.8. The lowest BCUT2D eigenvalue weighted by Crippen LogP contribution is -2.32. The van der Waals surface area contributed by atoms with E-state index in [0.717, 1.165) is 7.11 Å². The smallest absolute Gasteiger partial charge is 0.381 e. The van der Waals surface area contributed by atoms with Gasteiger partial charge in [0.25, 0.3) is 5.78 Å². The van der Waals surface area contributed by atoms with E-state index >= 15 is 0 Å². The van der Waals surface area contributed by atoms with Gasteiger partial charge >= 0.3 is 5.97 Å². The average molecular weight is 345 g/mol. The van der Waals surface area contributed by atoms with Crippen LogP contribution in [0.4, 0.5) is 5.69 Å². The fraction of sp³-hybridized carbons (Fsp3) is 0.0588. The molecular weight excluding hydrogens is 332 g/mol. The Balaban J connectivity index is 2.33. The number of carbonyl (C=O) groups excluding carboxylic acids is 3. The second-order valence-electron chi connectivity index (χ2n) is 4.59. The lowest BCUT2D eigenvalue weighted by atomic mass is 10.0. The van der Waals surface area contributed by atoms with Crippen LogP contribution in [0.5, 0.6) is 0 Å². The molecule has 2 rings (SSSR count). The summed E-state index contributed by atoms with van der Waals surface area (Å²) in [5.74, 6) is -2.99. The van der Waals surface area contributed by atoms with Crippen LogP contribution >= 0.6 is 11.6 Å². The zero-order valence-electron chi connectivity index (χ0n) is 12.7. The molecule has 0 aliphatic carbocycles. The molecule has 0 aliphatic rings. The maximum atomic E-state index is 12.5. The van der Waals surface area contributed by atoms with Crippen molar-refractivity contribution >= 4 is 40.5 Å². The Morgan fingerprint density at radius 3 is 2.21 bits per heavy atom. The van der Waals surface area contributed by atoms with Crippen LogP contribution < -0.4 is 5.43 Å². The number of carbonyl (C=O) groups is 3. The van der Waals surface area contributed by atoms with Crippen molar-refractivity contribution in [1.29, 1.82) is 0 Å². The van der Waals surface area contributed by atoms with E-state index in [1.54, 1.807) is 42.5 Å². The third-order valence-electron chi connectivity index (χ3n) is 2.98. The van der Waals surface area contributed by atoms with Crippen molar-refractivity contribution in [3.63, 3.8) is 0 Å². The topological polar surface area (TPSA) is 84.8 Å². The SMILES string of the molecule is COC(=O)C(=O)C(=NNc1ccc(Cl)cc1)C(=O)c1ccccc1. The highest BCUT2D eigenvalue weighted by molar-refractivity contribution is 6.80. The maximum Gasteiger partial charge on any atom is 0.381 e. The Bertz CT molecular complexity index is 786. The molecule has 0 saturated carbocycles. The Labute approximate surface area is 143 Å². The molecule has 0 heterocycles. The fourth-order valence-corrected chi connectivity index (χ4v) is 1.89. The summed E-state index contributed by atoms with van der Waals surface area (Å²) in [6.45, 7) is 0. The summed E-state index contributed by atoms with van der Waals surface area (Å²) in [6.07, 6.45) is 0. The molecule has 0 fully saturated rings. The fourth-order valence-electron chi connectivity index (χ4n) is 1.77. The highest BCUT2D eigenvalue weighted by Crippen LogP contribution is 2.13. The number of methoxy groups -OCH3 is 1. The predicted molar refractivity (Wildman–Crippen MR) is 90.3 cm³/mol. The van der Waals surface area contributed by atoms with Crippen LogP contribution in [0.2, 0.25) is 5.02 Å². The molecule has 0 atom stereocenters. The molecule has 0 unspecified atom stereocenters. The van der Waals surface area contributed by atoms with Gasteiger partial charge in [-0.25, -0.2) is 4.79 Å². The highest BCUT2D eigenvalue weighted by Gasteiger charge is 2.28. The minimum Gasteiger partial charge on any atom is -0.463 e. The van der Waals surface area contributed by atoms with Gasteiger partial charge in [-0.3, -0.25) is 15.0 Å². The van der Waals surface area contributed by atoms with Gasteiger partial charge in [-0.15, -0.1) is 0 Å². The summed E-state index contributed by atoms with van der Waals surface area (Å²) in [7, 11) is 1.05. The van der Waals surface area contributed by atoms with Crippen molar-refractivity contribution in [3.05, 3.63) is 65.2 Å². The van der Waals surface area contributed by atoms with E-state index in [2.05, 4.69) is 15.3 Å². The largest absolute Gasteiger partial charge is 0.463 e. The number of nitrogens with zero attached hydrogens (tertiary/aromatic N) is 1. The molecule has 2 aromatic carbocycles. The maximum absolute atomic E-state index is 12.5. The third-order valence-corrected chi connectivity index (χ3v) is 3.23. The summed E-state index contributed by atoms with van der Waals surface area (Å²) in [5, 5.41) is 4.32. The van der Waals surface area contributed by atoms with Gasteiger partial charge in [-0.2, -0.15) is 5.10 Å². The summed E-state index contributed by atoms with van der Waals surface area (Å²) < 4.78 is 4.38. The molecule has 0 bridgehead atoms. The molecule has 6 nitrogen and oxygen atoms in total. The van der Waals surface area contributed by atoms with Crippen LogP contribution in [0.3, 0.4) is 0 Å². The minimum atomic E-state index is -1.17. The lowest BCUT2D eigenvalue weighted by molar-refractivity contribution is -0.148. The molecule has 0 saturated heterocycles. The number of ether oxygens (including phenoxy) is 1. The van der Waals surface area contributed by atoms with E-state index in [9.17, 15) is 14.4 Å². The van der Waals surface area contributed by atoms with Gasteiger partial charge in [0, 0.05) is 10.6 Å². The van der Waals surface area contributed by atoms with E-state index in [0.29, 0.717) is 10.7 Å². The van der Waals surface area contributed by atoms with Crippen LogP contribution in [0.1, 0.15) is 10.4 Å². The van der Waals surface area contributed by atoms with Gasteiger partial charge in [0.1, 0.15) is 0 Å². The lowest BCUT2D eigenvalue weighted by Gasteiger charge is -2.06. The van der Waals surface area contributed by atoms with E-state index in [1.165, 1.54) is 12.1 Å². The highest BCUT2D eigenvalue weighted by atomic mass is 35.5. The van der Waals surface area contributed by atoms with Crippen LogP contribution in [0.15, 0.2) is 59.7 Å². The number of benzene rings is 2. The molecule has 24 heavy (non-hydrogen) atoms. The Hall–Kier alpha value is -2.99. The molecule has 0 amide bonds. The first kappa shape index (κ1) is 17.4. The number of nitrogens with one attached hydrogen (secondary N) is 1. The summed E-state index contributed by atoms with van der Waals surface area (Å²) in [6, 6.07) is 14.5. The zero-order chi connectivity index (χ0) is 17.5. The van der Waals surface area contributed by atoms with Crippen LogP contribution in [0.25, 0.3) is 0 Å². The average Bonchev–Trinajstić information content (AvgIpc) is 2.63. The first-order chi connectivity index (χ1) is 11.5. The minimum absolute atomic E-state index is 0.228. The van der Waals surface area contributed by atoms with Gasteiger partial charge in [0.05, 0.1) is 12.8 Å². The van der Waals surface area contributed by atoms with Gasteiger partial charge in [-0.1, -0.05) is 41.9 Å². The first-order valence-electron chi connectivity index (χ1n) is 6.84. The molecule has 1 N–H and O–H groups in total. The number of Topliss-reactive ketones (excluding diaryl/α,β-unsaturated/α-hetero) is 2. The summed E-state index contributed by atoms with van der Waals surface area (Å²) >= 11 is 5.78. The van der Waals surface area contributed by atoms with Crippen LogP contribution in [-0.2, 0) is 14.3 Å². The number of hydrogen-bond acceptors (Lipinski definition) is 6. The standard InChI is InChI=1S/C17H13ClN2O4/c1-24-17(23)16(22)14(15(21)11-5-3-2-4-6-11)20-19-13-9-7-12(18)8-10-13/h2-10,19H,1H3. The number of hydrogen-bond donors (Lipinski definition) is 1. The van der Waals surface area contributed by atoms with Crippen molar-refractivity contribution in [2.75, 3.05) is 12.5 Å². The van der Waals surface area contributed by atoms with E-state index in [1.807, 2.05) is 0 Å². The zero-order valence-corrected chi connectivity index (χ0v) is 13.4. The number of esters is 1. The van der Waals surface area contributed by atoms with Crippen LogP contribution in [-0.4, -0.2) is 30.4 Å². The molecule has 0 aromatic heterocycles. The van der Waals surface area contributed by atoms with Crippen molar-refractivity contribution in [3.8, 4) is 0 Å². The molecule has 122 valence electrons. The van der Waals surface area contributed by atoms with E-state index in [4.69, 9.17) is 11.6 Å². The number of hydrazone groups is 1. The van der Waals surface area contributed by atoms with Crippen molar-refractivity contribution in [1.82, 2.24) is 0 Å². The summed E-state index contributed by atoms with van der Waals surface area (Å²) in [5.41, 5.74) is 2.72. The monoisotopic (exact) mass is 344 g/mol. The Morgan fingerprint density at radius 1 is 1.00 bits per heavy atom. The third kappa shape index (κ3) is 4.27. The molecule has 0 radical (unpaired) electrons. The van der Waals surface area contributed by atoms with Crippen molar-refractivity contribution < 1.29 is 19.1 Å². The number of halogens is 1. The van der Waals surface area contributed by atoms with Gasteiger partial charge in [0.2, 0.25) is 5.78 Å². The predicted octanol–water partition coefficient (Wildman–Crippen LogP) is 2.73. The number of anilines is 1. The van der Waals surface area contributed by atoms with Crippen molar-refractivity contribution in [2.45, 2.75) is 0 Å². The first-order valence-corrected chi connectivity index (χ1v) is 7.22. The second-order valence-corrected chi connectivity index (χ2v) is 5.03. The van der Waals surface area contributed by atoms with E-state index in [-0.39, 0.29) is 5.56 Å². The van der Waals surface area contributed by atoms with Gasteiger partial charge in [0.15, 0.2) is 5.71 Å². The second kappa shape index (κ2) is 8.03. The van der Waals surface area contributed by atoms with Gasteiger partial charge < -0.3 is 4.74 Å².